The summed E-state index contributed by atoms with van der Waals surface area (Å²) in [5, 5.41) is 7.09. The first-order valence-corrected chi connectivity index (χ1v) is 8.91. The van der Waals surface area contributed by atoms with E-state index in [4.69, 9.17) is 0 Å². The maximum absolute atomic E-state index is 12.7. The molecule has 5 nitrogen and oxygen atoms in total. The van der Waals surface area contributed by atoms with E-state index in [-0.39, 0.29) is 0 Å². The van der Waals surface area contributed by atoms with Crippen LogP contribution in [0.2, 0.25) is 0 Å². The fourth-order valence-electron chi connectivity index (χ4n) is 2.81. The molecule has 0 fully saturated rings. The topological polar surface area (TPSA) is 64.0 Å². The predicted molar refractivity (Wildman–Crippen MR) is 105 cm³/mol. The van der Waals surface area contributed by atoms with Crippen LogP contribution in [0.25, 0.3) is 5.69 Å². The summed E-state index contributed by atoms with van der Waals surface area (Å²) < 4.78 is 2.41. The monoisotopic (exact) mass is 411 g/mol. The first-order valence-electron chi connectivity index (χ1n) is 8.12. The Balaban J connectivity index is 1.90. The maximum atomic E-state index is 12.7. The molecule has 3 aromatic rings. The van der Waals surface area contributed by atoms with E-state index < -0.39 is 11.7 Å². The van der Waals surface area contributed by atoms with Crippen LogP contribution in [-0.2, 0) is 4.79 Å². The molecule has 0 saturated carbocycles. The van der Waals surface area contributed by atoms with Crippen LogP contribution in [0.4, 0.5) is 5.69 Å². The van der Waals surface area contributed by atoms with Crippen LogP contribution in [0.15, 0.2) is 53.0 Å². The van der Waals surface area contributed by atoms with Crippen molar-refractivity contribution in [2.24, 2.45) is 0 Å². The van der Waals surface area contributed by atoms with Crippen molar-refractivity contribution in [2.75, 3.05) is 5.32 Å². The third-order valence-corrected chi connectivity index (χ3v) is 4.75. The number of amides is 1. The molecule has 0 spiro atoms. The minimum absolute atomic E-state index is 0.328. The molecule has 6 heteroatoms. The van der Waals surface area contributed by atoms with E-state index >= 15 is 0 Å². The largest absolute Gasteiger partial charge is 0.318 e. The summed E-state index contributed by atoms with van der Waals surface area (Å²) in [6.45, 7) is 5.47. The number of Topliss-reactive ketones (excluding diaryl/α,β-unsaturated/α-hetero) is 1. The summed E-state index contributed by atoms with van der Waals surface area (Å²) in [7, 11) is 0. The molecule has 1 aromatic heterocycles. The van der Waals surface area contributed by atoms with Gasteiger partial charge in [0.1, 0.15) is 0 Å². The standard InChI is InChI=1S/C20H18BrN3O2/c1-12-9-10-17(16(21)11-12)22-20(26)19(25)18-13(2)23-24(14(18)3)15-7-5-4-6-8-15/h4-11H,1-3H3,(H,22,26). The number of carbonyl (C=O) groups is 2. The highest BCUT2D eigenvalue weighted by Gasteiger charge is 2.25. The van der Waals surface area contributed by atoms with Crippen LogP contribution in [-0.4, -0.2) is 21.5 Å². The molecule has 1 N–H and O–H groups in total. The molecule has 0 atom stereocenters. The average Bonchev–Trinajstić information content (AvgIpc) is 2.92. The van der Waals surface area contributed by atoms with E-state index in [1.807, 2.05) is 49.4 Å². The van der Waals surface area contributed by atoms with Gasteiger partial charge in [0, 0.05) is 4.47 Å². The fraction of sp³-hybridized carbons (Fsp3) is 0.150. The fourth-order valence-corrected chi connectivity index (χ4v) is 3.40. The Labute approximate surface area is 160 Å². The highest BCUT2D eigenvalue weighted by atomic mass is 79.9. The molecule has 0 saturated heterocycles. The van der Waals surface area contributed by atoms with Gasteiger partial charge in [0.25, 0.3) is 11.7 Å². The molecule has 0 aliphatic heterocycles. The van der Waals surface area contributed by atoms with Crippen molar-refractivity contribution in [3.05, 3.63) is 75.5 Å². The Morgan fingerprint density at radius 2 is 1.73 bits per heavy atom. The van der Waals surface area contributed by atoms with Gasteiger partial charge in [0.15, 0.2) is 0 Å². The molecule has 0 unspecified atom stereocenters. The zero-order chi connectivity index (χ0) is 18.8. The van der Waals surface area contributed by atoms with E-state index in [2.05, 4.69) is 26.3 Å². The summed E-state index contributed by atoms with van der Waals surface area (Å²) in [6, 6.07) is 15.0. The molecule has 0 bridgehead atoms. The molecule has 1 amide bonds. The van der Waals surface area contributed by atoms with Gasteiger partial charge in [0.2, 0.25) is 0 Å². The van der Waals surface area contributed by atoms with E-state index in [1.165, 1.54) is 0 Å². The number of aromatic nitrogens is 2. The second kappa shape index (κ2) is 7.25. The van der Waals surface area contributed by atoms with Crippen molar-refractivity contribution in [3.8, 4) is 5.69 Å². The Bertz CT molecular complexity index is 994. The first kappa shape index (κ1) is 18.1. The zero-order valence-electron chi connectivity index (χ0n) is 14.7. The Hall–Kier alpha value is -2.73. The number of para-hydroxylation sites is 1. The van der Waals surface area contributed by atoms with Gasteiger partial charge in [-0.05, 0) is 66.5 Å². The van der Waals surface area contributed by atoms with Crippen molar-refractivity contribution in [1.29, 1.82) is 0 Å². The third-order valence-electron chi connectivity index (χ3n) is 4.10. The number of nitrogens with one attached hydrogen (secondary N) is 1. The summed E-state index contributed by atoms with van der Waals surface area (Å²) in [4.78, 5) is 25.2. The van der Waals surface area contributed by atoms with Gasteiger partial charge in [-0.15, -0.1) is 0 Å². The molecule has 2 aromatic carbocycles. The number of anilines is 1. The van der Waals surface area contributed by atoms with Crippen molar-refractivity contribution in [2.45, 2.75) is 20.8 Å². The van der Waals surface area contributed by atoms with Gasteiger partial charge in [-0.2, -0.15) is 5.10 Å². The molecule has 0 radical (unpaired) electrons. The van der Waals surface area contributed by atoms with Crippen molar-refractivity contribution < 1.29 is 9.59 Å². The summed E-state index contributed by atoms with van der Waals surface area (Å²) in [5.74, 6) is -1.29. The van der Waals surface area contributed by atoms with Gasteiger partial charge in [0.05, 0.1) is 28.3 Å². The van der Waals surface area contributed by atoms with Crippen molar-refractivity contribution >= 4 is 33.3 Å². The van der Waals surface area contributed by atoms with Gasteiger partial charge in [-0.25, -0.2) is 4.68 Å². The quantitative estimate of drug-likeness (QED) is 0.511. The normalized spacial score (nSPS) is 10.6. The van der Waals surface area contributed by atoms with E-state index in [9.17, 15) is 9.59 Å². The third kappa shape index (κ3) is 3.46. The molecule has 1 heterocycles. The first-order chi connectivity index (χ1) is 12.4. The van der Waals surface area contributed by atoms with E-state index in [0.29, 0.717) is 22.6 Å². The highest BCUT2D eigenvalue weighted by Crippen LogP contribution is 2.24. The minimum Gasteiger partial charge on any atom is -0.318 e. The summed E-state index contributed by atoms with van der Waals surface area (Å²) >= 11 is 3.40. The van der Waals surface area contributed by atoms with Crippen molar-refractivity contribution in [1.82, 2.24) is 9.78 Å². The van der Waals surface area contributed by atoms with Crippen LogP contribution < -0.4 is 5.32 Å². The van der Waals surface area contributed by atoms with Crippen LogP contribution in [0, 0.1) is 20.8 Å². The highest BCUT2D eigenvalue weighted by molar-refractivity contribution is 9.10. The van der Waals surface area contributed by atoms with Crippen LogP contribution in [0.1, 0.15) is 27.3 Å². The van der Waals surface area contributed by atoms with Gasteiger partial charge in [-0.3, -0.25) is 9.59 Å². The molecule has 3 rings (SSSR count). The van der Waals surface area contributed by atoms with Gasteiger partial charge in [-0.1, -0.05) is 24.3 Å². The number of rotatable bonds is 4. The summed E-state index contributed by atoms with van der Waals surface area (Å²) in [6.07, 6.45) is 0. The molecule has 26 heavy (non-hydrogen) atoms. The second-order valence-corrected chi connectivity index (χ2v) is 6.91. The molecule has 0 aliphatic carbocycles. The average molecular weight is 412 g/mol. The van der Waals surface area contributed by atoms with Gasteiger partial charge >= 0.3 is 0 Å². The predicted octanol–water partition coefficient (Wildman–Crippen LogP) is 4.38. The van der Waals surface area contributed by atoms with E-state index in [0.717, 1.165) is 15.7 Å². The molecule has 132 valence electrons. The number of halogens is 1. The number of hydrogen-bond acceptors (Lipinski definition) is 3. The lowest BCUT2D eigenvalue weighted by atomic mass is 10.1. The Morgan fingerprint density at radius 3 is 2.38 bits per heavy atom. The van der Waals surface area contributed by atoms with Crippen LogP contribution in [0.5, 0.6) is 0 Å². The number of nitrogens with zero attached hydrogens (tertiary/aromatic N) is 2. The Morgan fingerprint density at radius 1 is 1.04 bits per heavy atom. The zero-order valence-corrected chi connectivity index (χ0v) is 16.3. The number of hydrogen-bond donors (Lipinski definition) is 1. The maximum Gasteiger partial charge on any atom is 0.296 e. The molecule has 0 aliphatic rings. The minimum atomic E-state index is -0.687. The van der Waals surface area contributed by atoms with Crippen LogP contribution in [0.3, 0.4) is 0 Å². The number of carbonyl (C=O) groups excluding carboxylic acids is 2. The van der Waals surface area contributed by atoms with Crippen LogP contribution >= 0.6 is 15.9 Å². The van der Waals surface area contributed by atoms with E-state index in [1.54, 1.807) is 24.6 Å². The lowest BCUT2D eigenvalue weighted by Crippen LogP contribution is -2.24. The number of aryl methyl sites for hydroxylation is 2. The second-order valence-electron chi connectivity index (χ2n) is 6.06. The lowest BCUT2D eigenvalue weighted by Gasteiger charge is -2.08. The van der Waals surface area contributed by atoms with Crippen molar-refractivity contribution in [3.63, 3.8) is 0 Å². The number of ketones is 1. The SMILES string of the molecule is Cc1ccc(NC(=O)C(=O)c2c(C)nn(-c3ccccc3)c2C)c(Br)c1. The molecular weight excluding hydrogens is 394 g/mol. The smallest absolute Gasteiger partial charge is 0.296 e. The Kier molecular flexibility index (Phi) is 5.04. The summed E-state index contributed by atoms with van der Waals surface area (Å²) in [5.41, 5.74) is 3.94. The lowest BCUT2D eigenvalue weighted by molar-refractivity contribution is -0.112. The number of benzene rings is 2. The van der Waals surface area contributed by atoms with Gasteiger partial charge < -0.3 is 5.32 Å². The molecular formula is C20H18BrN3O2.